The van der Waals surface area contributed by atoms with Crippen LogP contribution >= 0.6 is 0 Å². The highest BCUT2D eigenvalue weighted by atomic mass is 19.1. The lowest BCUT2D eigenvalue weighted by molar-refractivity contribution is -0.128. The van der Waals surface area contributed by atoms with Crippen molar-refractivity contribution in [2.45, 2.75) is 64.6 Å². The number of carbonyl (C=O) groups is 1. The molecule has 1 N–H and O–H groups in total. The number of amides is 1. The molecular weight excluding hydrogens is 407 g/mol. The van der Waals surface area contributed by atoms with Gasteiger partial charge in [-0.25, -0.2) is 4.39 Å². The normalized spacial score (nSPS) is 16.4. The standard InChI is InChI=1S/C26H35FN2O3/c1-18(32-22-8-6-7-20(16-22)26(2,3)4)25(30)28-21-11-13-29(14-12-21)17-19-9-10-24(31-5)23(27)15-19/h6-10,15-16,18,21H,11-14,17H2,1-5H3,(H,28,30). The Morgan fingerprint density at radius 3 is 2.53 bits per heavy atom. The first kappa shape index (κ1) is 24.1. The number of rotatable bonds is 7. The van der Waals surface area contributed by atoms with Crippen molar-refractivity contribution >= 4 is 5.91 Å². The van der Waals surface area contributed by atoms with Crippen LogP contribution < -0.4 is 14.8 Å². The highest BCUT2D eigenvalue weighted by Crippen LogP contribution is 2.26. The van der Waals surface area contributed by atoms with Gasteiger partial charge in [0.1, 0.15) is 5.75 Å². The number of piperidine rings is 1. The summed E-state index contributed by atoms with van der Waals surface area (Å²) < 4.78 is 24.8. The zero-order chi connectivity index (χ0) is 23.3. The minimum Gasteiger partial charge on any atom is -0.494 e. The molecule has 5 nitrogen and oxygen atoms in total. The number of benzene rings is 2. The molecule has 1 saturated heterocycles. The average molecular weight is 443 g/mol. The summed E-state index contributed by atoms with van der Waals surface area (Å²) in [5.41, 5.74) is 2.12. The third kappa shape index (κ3) is 6.45. The van der Waals surface area contributed by atoms with Crippen molar-refractivity contribution in [3.8, 4) is 11.5 Å². The topological polar surface area (TPSA) is 50.8 Å². The van der Waals surface area contributed by atoms with Crippen LogP contribution in [-0.2, 0) is 16.8 Å². The van der Waals surface area contributed by atoms with Crippen LogP contribution in [0.5, 0.6) is 11.5 Å². The van der Waals surface area contributed by atoms with E-state index in [0.29, 0.717) is 12.3 Å². The summed E-state index contributed by atoms with van der Waals surface area (Å²) >= 11 is 0. The minimum atomic E-state index is -0.564. The number of nitrogens with zero attached hydrogens (tertiary/aromatic N) is 1. The number of ether oxygens (including phenoxy) is 2. The molecule has 6 heteroatoms. The quantitative estimate of drug-likeness (QED) is 0.677. The summed E-state index contributed by atoms with van der Waals surface area (Å²) in [6, 6.07) is 13.1. The van der Waals surface area contributed by atoms with Crippen molar-refractivity contribution < 1.29 is 18.7 Å². The number of methoxy groups -OCH3 is 1. The highest BCUT2D eigenvalue weighted by molar-refractivity contribution is 5.81. The number of carbonyl (C=O) groups excluding carboxylic acids is 1. The van der Waals surface area contributed by atoms with Gasteiger partial charge in [0.25, 0.3) is 5.91 Å². The molecular formula is C26H35FN2O3. The molecule has 2 aromatic rings. The molecule has 2 aromatic carbocycles. The Morgan fingerprint density at radius 2 is 1.91 bits per heavy atom. The molecule has 1 aliphatic heterocycles. The molecule has 0 spiro atoms. The van der Waals surface area contributed by atoms with Crippen molar-refractivity contribution in [2.75, 3.05) is 20.2 Å². The van der Waals surface area contributed by atoms with Crippen LogP contribution in [0.25, 0.3) is 0 Å². The van der Waals surface area contributed by atoms with Gasteiger partial charge in [0.15, 0.2) is 17.7 Å². The molecule has 0 saturated carbocycles. The zero-order valence-corrected chi connectivity index (χ0v) is 19.8. The Morgan fingerprint density at radius 1 is 1.19 bits per heavy atom. The maximum Gasteiger partial charge on any atom is 0.260 e. The first-order valence-corrected chi connectivity index (χ1v) is 11.3. The van der Waals surface area contributed by atoms with E-state index in [4.69, 9.17) is 9.47 Å². The van der Waals surface area contributed by atoms with E-state index in [1.807, 2.05) is 24.3 Å². The summed E-state index contributed by atoms with van der Waals surface area (Å²) in [5, 5.41) is 3.13. The summed E-state index contributed by atoms with van der Waals surface area (Å²) in [6.07, 6.45) is 1.15. The van der Waals surface area contributed by atoms with Gasteiger partial charge < -0.3 is 14.8 Å². The predicted molar refractivity (Wildman–Crippen MR) is 125 cm³/mol. The van der Waals surface area contributed by atoms with E-state index in [1.54, 1.807) is 13.0 Å². The Balaban J connectivity index is 1.46. The lowest BCUT2D eigenvalue weighted by Crippen LogP contribution is -2.47. The molecule has 0 bridgehead atoms. The summed E-state index contributed by atoms with van der Waals surface area (Å²) in [4.78, 5) is 14.9. The van der Waals surface area contributed by atoms with Crippen LogP contribution in [0.2, 0.25) is 0 Å². The minimum absolute atomic E-state index is 0.0242. The molecule has 3 rings (SSSR count). The van der Waals surface area contributed by atoms with Crippen molar-refractivity contribution in [1.82, 2.24) is 10.2 Å². The van der Waals surface area contributed by atoms with Crippen LogP contribution in [0.15, 0.2) is 42.5 Å². The van der Waals surface area contributed by atoms with Gasteiger partial charge >= 0.3 is 0 Å². The van der Waals surface area contributed by atoms with Gasteiger partial charge in [-0.2, -0.15) is 0 Å². The van der Waals surface area contributed by atoms with Crippen LogP contribution in [0.1, 0.15) is 51.7 Å². The van der Waals surface area contributed by atoms with Gasteiger partial charge in [-0.15, -0.1) is 0 Å². The summed E-state index contributed by atoms with van der Waals surface area (Å²) in [6.45, 7) is 10.6. The Bertz CT molecular complexity index is 918. The Hall–Kier alpha value is -2.60. The lowest BCUT2D eigenvalue weighted by Gasteiger charge is -2.33. The number of halogens is 1. The van der Waals surface area contributed by atoms with Crippen LogP contribution in [0, 0.1) is 5.82 Å². The third-order valence-corrected chi connectivity index (χ3v) is 5.94. The third-order valence-electron chi connectivity index (χ3n) is 5.94. The van der Waals surface area contributed by atoms with Crippen LogP contribution in [0.3, 0.4) is 0 Å². The molecule has 1 aliphatic rings. The molecule has 0 aliphatic carbocycles. The maximum atomic E-state index is 13.9. The second kappa shape index (κ2) is 10.3. The second-order valence-corrected chi connectivity index (χ2v) is 9.57. The molecule has 1 unspecified atom stereocenters. The van der Waals surface area contributed by atoms with E-state index < -0.39 is 6.10 Å². The lowest BCUT2D eigenvalue weighted by atomic mass is 9.87. The molecule has 1 amide bonds. The highest BCUT2D eigenvalue weighted by Gasteiger charge is 2.24. The molecule has 1 fully saturated rings. The molecule has 174 valence electrons. The number of likely N-dealkylation sites (tertiary alicyclic amines) is 1. The Kier molecular flexibility index (Phi) is 7.77. The van der Waals surface area contributed by atoms with E-state index in [1.165, 1.54) is 18.7 Å². The zero-order valence-electron chi connectivity index (χ0n) is 19.8. The van der Waals surface area contributed by atoms with Gasteiger partial charge in [0, 0.05) is 25.7 Å². The molecule has 0 radical (unpaired) electrons. The van der Waals surface area contributed by atoms with Gasteiger partial charge in [0.2, 0.25) is 0 Å². The van der Waals surface area contributed by atoms with E-state index >= 15 is 0 Å². The van der Waals surface area contributed by atoms with Gasteiger partial charge in [-0.3, -0.25) is 9.69 Å². The summed E-state index contributed by atoms with van der Waals surface area (Å²) in [7, 11) is 1.46. The van der Waals surface area contributed by atoms with Gasteiger partial charge in [-0.05, 0) is 60.6 Å². The number of nitrogens with one attached hydrogen (secondary N) is 1. The molecule has 32 heavy (non-hydrogen) atoms. The van der Waals surface area contributed by atoms with Crippen LogP contribution in [-0.4, -0.2) is 43.2 Å². The van der Waals surface area contributed by atoms with Gasteiger partial charge in [0.05, 0.1) is 7.11 Å². The van der Waals surface area contributed by atoms with Crippen molar-refractivity contribution in [2.24, 2.45) is 0 Å². The fraction of sp³-hybridized carbons (Fsp3) is 0.500. The first-order chi connectivity index (χ1) is 15.2. The van der Waals surface area contributed by atoms with E-state index in [2.05, 4.69) is 37.1 Å². The Labute approximate surface area is 190 Å². The van der Waals surface area contributed by atoms with E-state index in [9.17, 15) is 9.18 Å². The molecule has 1 atom stereocenters. The predicted octanol–water partition coefficient (Wildman–Crippen LogP) is 4.68. The maximum absolute atomic E-state index is 13.9. The van der Waals surface area contributed by atoms with E-state index in [0.717, 1.165) is 31.5 Å². The monoisotopic (exact) mass is 442 g/mol. The van der Waals surface area contributed by atoms with Crippen molar-refractivity contribution in [3.63, 3.8) is 0 Å². The van der Waals surface area contributed by atoms with Crippen LogP contribution in [0.4, 0.5) is 4.39 Å². The van der Waals surface area contributed by atoms with Crippen molar-refractivity contribution in [3.05, 3.63) is 59.4 Å². The average Bonchev–Trinajstić information content (AvgIpc) is 2.75. The summed E-state index contributed by atoms with van der Waals surface area (Å²) in [5.74, 6) is 0.536. The number of hydrogen-bond donors (Lipinski definition) is 1. The second-order valence-electron chi connectivity index (χ2n) is 9.57. The smallest absolute Gasteiger partial charge is 0.260 e. The van der Waals surface area contributed by atoms with Gasteiger partial charge in [-0.1, -0.05) is 39.0 Å². The molecule has 1 heterocycles. The largest absolute Gasteiger partial charge is 0.494 e. The molecule has 0 aromatic heterocycles. The number of hydrogen-bond acceptors (Lipinski definition) is 4. The van der Waals surface area contributed by atoms with E-state index in [-0.39, 0.29) is 28.9 Å². The first-order valence-electron chi connectivity index (χ1n) is 11.3. The SMILES string of the molecule is COc1ccc(CN2CCC(NC(=O)C(C)Oc3cccc(C(C)(C)C)c3)CC2)cc1F. The fourth-order valence-electron chi connectivity index (χ4n) is 3.91. The fourth-order valence-corrected chi connectivity index (χ4v) is 3.91. The van der Waals surface area contributed by atoms with Crippen molar-refractivity contribution in [1.29, 1.82) is 0 Å².